The number of esters is 1. The van der Waals surface area contributed by atoms with Crippen molar-refractivity contribution in [1.29, 1.82) is 0 Å². The van der Waals surface area contributed by atoms with Crippen LogP contribution in [0.4, 0.5) is 0 Å². The second kappa shape index (κ2) is 12.9. The van der Waals surface area contributed by atoms with Gasteiger partial charge in [-0.1, -0.05) is 97.9 Å². The van der Waals surface area contributed by atoms with Gasteiger partial charge in [0.1, 0.15) is 11.4 Å². The Hall–Kier alpha value is -4.27. The molecule has 0 fully saturated rings. The summed E-state index contributed by atoms with van der Waals surface area (Å²) >= 11 is 0. The van der Waals surface area contributed by atoms with Crippen molar-refractivity contribution in [2.75, 3.05) is 0 Å². The molecule has 8 heteroatoms. The number of hydrogen-bond donors (Lipinski definition) is 2. The predicted octanol–water partition coefficient (Wildman–Crippen LogP) is 6.65. The van der Waals surface area contributed by atoms with Gasteiger partial charge in [0, 0.05) is 24.1 Å². The lowest BCUT2D eigenvalue weighted by atomic mass is 9.78. The van der Waals surface area contributed by atoms with Crippen LogP contribution in [-0.2, 0) is 32.4 Å². The molecule has 1 atom stereocenters. The molecule has 1 aromatic heterocycles. The molecule has 1 aliphatic rings. The summed E-state index contributed by atoms with van der Waals surface area (Å²) < 4.78 is 31.6. The van der Waals surface area contributed by atoms with Crippen LogP contribution in [0.3, 0.4) is 0 Å². The maximum absolute atomic E-state index is 13.9. The number of aliphatic hydroxyl groups excluding tert-OH is 1. The molecule has 7 nitrogen and oxygen atoms in total. The van der Waals surface area contributed by atoms with E-state index >= 15 is 0 Å². The summed E-state index contributed by atoms with van der Waals surface area (Å²) in [6.45, 7) is 1.89. The zero-order valence-corrected chi connectivity index (χ0v) is 25.0. The van der Waals surface area contributed by atoms with Crippen LogP contribution in [0.2, 0.25) is 0 Å². The first-order chi connectivity index (χ1) is 20.7. The van der Waals surface area contributed by atoms with Crippen molar-refractivity contribution < 1.29 is 23.1 Å². The van der Waals surface area contributed by atoms with Crippen molar-refractivity contribution in [1.82, 2.24) is 4.98 Å². The highest BCUT2D eigenvalue weighted by atomic mass is 32.2. The molecule has 0 saturated heterocycles. The average molecular weight is 597 g/mol. The van der Waals surface area contributed by atoms with Crippen LogP contribution in [0.15, 0.2) is 120 Å². The summed E-state index contributed by atoms with van der Waals surface area (Å²) in [7, 11) is -4.20. The van der Waals surface area contributed by atoms with E-state index in [-0.39, 0.29) is 22.8 Å². The second-order valence-corrected chi connectivity index (χ2v) is 12.5. The van der Waals surface area contributed by atoms with Gasteiger partial charge in [-0.3, -0.25) is 0 Å². The molecule has 0 aliphatic carbocycles. The third-order valence-electron chi connectivity index (χ3n) is 8.17. The summed E-state index contributed by atoms with van der Waals surface area (Å²) in [5.74, 6) is -1.27. The fraction of sp³-hybridized carbons (Fsp3) is 0.257. The number of pyridine rings is 1. The van der Waals surface area contributed by atoms with Crippen molar-refractivity contribution in [3.05, 3.63) is 131 Å². The average Bonchev–Trinajstić information content (AvgIpc) is 3.01. The summed E-state index contributed by atoms with van der Waals surface area (Å²) in [6.07, 6.45) is 4.40. The SMILES string of the molecule is CCC(C1=C(O)CC(CCc2ccccc2)(CCc2ccccc2)OC1=O)c1ccnc(S(N)(=O)=O)c1-c1ccccc1. The number of nitrogens with two attached hydrogens (primary N) is 1. The van der Waals surface area contributed by atoms with Gasteiger partial charge in [-0.2, -0.15) is 0 Å². The highest BCUT2D eigenvalue weighted by molar-refractivity contribution is 7.89. The normalized spacial score (nSPS) is 15.6. The molecular formula is C35H36N2O5S. The zero-order chi connectivity index (χ0) is 30.5. The minimum Gasteiger partial charge on any atom is -0.512 e. The van der Waals surface area contributed by atoms with Crippen molar-refractivity contribution >= 4 is 16.0 Å². The molecule has 5 rings (SSSR count). The fourth-order valence-corrected chi connectivity index (χ4v) is 6.75. The number of sulfonamides is 1. The molecule has 1 aliphatic heterocycles. The van der Waals surface area contributed by atoms with Crippen LogP contribution in [-0.4, -0.2) is 30.1 Å². The summed E-state index contributed by atoms with van der Waals surface area (Å²) in [6, 6.07) is 30.7. The number of nitrogens with zero attached hydrogens (tertiary/aromatic N) is 1. The number of rotatable bonds is 11. The van der Waals surface area contributed by atoms with Crippen LogP contribution in [0.1, 0.15) is 55.2 Å². The molecule has 0 amide bonds. The Balaban J connectivity index is 1.55. The van der Waals surface area contributed by atoms with Crippen LogP contribution < -0.4 is 5.14 Å². The first kappa shape index (κ1) is 30.2. The Morgan fingerprint density at radius 2 is 1.42 bits per heavy atom. The van der Waals surface area contributed by atoms with Crippen LogP contribution >= 0.6 is 0 Å². The van der Waals surface area contributed by atoms with E-state index in [9.17, 15) is 18.3 Å². The highest BCUT2D eigenvalue weighted by Crippen LogP contribution is 2.44. The van der Waals surface area contributed by atoms with E-state index in [4.69, 9.17) is 9.88 Å². The van der Waals surface area contributed by atoms with Gasteiger partial charge in [-0.15, -0.1) is 0 Å². The molecular weight excluding hydrogens is 560 g/mol. The van der Waals surface area contributed by atoms with Gasteiger partial charge in [0.15, 0.2) is 5.03 Å². The fourth-order valence-electron chi connectivity index (χ4n) is 6.02. The van der Waals surface area contributed by atoms with Crippen molar-refractivity contribution in [2.24, 2.45) is 5.14 Å². The van der Waals surface area contributed by atoms with E-state index in [2.05, 4.69) is 4.98 Å². The molecule has 3 aromatic carbocycles. The van der Waals surface area contributed by atoms with Gasteiger partial charge < -0.3 is 9.84 Å². The maximum Gasteiger partial charge on any atom is 0.338 e. The molecule has 1 unspecified atom stereocenters. The lowest BCUT2D eigenvalue weighted by molar-refractivity contribution is -0.161. The number of hydrogen-bond acceptors (Lipinski definition) is 6. The summed E-state index contributed by atoms with van der Waals surface area (Å²) in [4.78, 5) is 18.1. The monoisotopic (exact) mass is 596 g/mol. The lowest BCUT2D eigenvalue weighted by Gasteiger charge is -2.39. The first-order valence-electron chi connectivity index (χ1n) is 14.5. The lowest BCUT2D eigenvalue weighted by Crippen LogP contribution is -2.42. The number of carbonyl (C=O) groups is 1. The Morgan fingerprint density at radius 3 is 1.91 bits per heavy atom. The number of ether oxygens (including phenoxy) is 1. The van der Waals surface area contributed by atoms with Crippen molar-refractivity contribution in [2.45, 2.75) is 62.0 Å². The molecule has 0 bridgehead atoms. The summed E-state index contributed by atoms with van der Waals surface area (Å²) in [5, 5.41) is 17.0. The largest absolute Gasteiger partial charge is 0.512 e. The number of primary sulfonamides is 1. The third kappa shape index (κ3) is 6.87. The van der Waals surface area contributed by atoms with E-state index in [1.165, 1.54) is 6.20 Å². The summed E-state index contributed by atoms with van der Waals surface area (Å²) in [5.41, 5.74) is 2.93. The Kier molecular flexibility index (Phi) is 9.08. The van der Waals surface area contributed by atoms with E-state index < -0.39 is 27.5 Å². The number of carbonyl (C=O) groups excluding carboxylic acids is 1. The van der Waals surface area contributed by atoms with E-state index in [1.807, 2.05) is 73.7 Å². The van der Waals surface area contributed by atoms with Crippen LogP contribution in [0.25, 0.3) is 11.1 Å². The number of aryl methyl sites for hydroxylation is 2. The zero-order valence-electron chi connectivity index (χ0n) is 24.1. The Morgan fingerprint density at radius 1 is 0.884 bits per heavy atom. The molecule has 4 aromatic rings. The molecule has 0 saturated carbocycles. The molecule has 0 radical (unpaired) electrons. The molecule has 0 spiro atoms. The molecule has 2 heterocycles. The van der Waals surface area contributed by atoms with Gasteiger partial charge in [-0.05, 0) is 60.4 Å². The standard InChI is InChI=1S/C35H36N2O5S/c1-2-28(29-20-23-37-33(43(36,40)41)31(29)27-16-10-5-11-17-27)32-30(38)24-35(42-34(32)39,21-18-25-12-6-3-7-13-25)22-19-26-14-8-4-9-15-26/h3-17,20,23,28,38H,2,18-19,21-22,24H2,1H3,(H2,36,40,41). The number of aliphatic hydroxyl groups is 1. The molecule has 222 valence electrons. The minimum absolute atomic E-state index is 0.0304. The number of benzene rings is 3. The van der Waals surface area contributed by atoms with E-state index in [0.29, 0.717) is 48.8 Å². The van der Waals surface area contributed by atoms with Gasteiger partial charge >= 0.3 is 5.97 Å². The Labute approximate surface area is 253 Å². The van der Waals surface area contributed by atoms with Gasteiger partial charge in [0.05, 0.1) is 5.57 Å². The minimum atomic E-state index is -4.20. The quantitative estimate of drug-likeness (QED) is 0.187. The van der Waals surface area contributed by atoms with Gasteiger partial charge in [0.2, 0.25) is 0 Å². The topological polar surface area (TPSA) is 120 Å². The number of aromatic nitrogens is 1. The first-order valence-corrected chi connectivity index (χ1v) is 16.1. The Bertz CT molecular complexity index is 1660. The number of cyclic esters (lactones) is 1. The predicted molar refractivity (Wildman–Crippen MR) is 167 cm³/mol. The third-order valence-corrected chi connectivity index (χ3v) is 9.01. The van der Waals surface area contributed by atoms with Crippen molar-refractivity contribution in [3.8, 4) is 11.1 Å². The van der Waals surface area contributed by atoms with E-state index in [0.717, 1.165) is 11.1 Å². The van der Waals surface area contributed by atoms with Gasteiger partial charge in [0.25, 0.3) is 10.0 Å². The second-order valence-electron chi connectivity index (χ2n) is 11.0. The van der Waals surface area contributed by atoms with Crippen LogP contribution in [0, 0.1) is 0 Å². The van der Waals surface area contributed by atoms with Crippen molar-refractivity contribution in [3.63, 3.8) is 0 Å². The van der Waals surface area contributed by atoms with Crippen LogP contribution in [0.5, 0.6) is 0 Å². The highest BCUT2D eigenvalue weighted by Gasteiger charge is 2.44. The smallest absolute Gasteiger partial charge is 0.338 e. The van der Waals surface area contributed by atoms with Gasteiger partial charge in [-0.25, -0.2) is 23.3 Å². The molecule has 43 heavy (non-hydrogen) atoms. The molecule has 3 N–H and O–H groups in total. The maximum atomic E-state index is 13.9. The van der Waals surface area contributed by atoms with E-state index in [1.54, 1.807) is 30.3 Å².